The monoisotopic (exact) mass is 269 g/mol. The highest BCUT2D eigenvalue weighted by molar-refractivity contribution is 5.49. The van der Waals surface area contributed by atoms with Crippen LogP contribution in [-0.2, 0) is 0 Å². The third kappa shape index (κ3) is 2.47. The van der Waals surface area contributed by atoms with Gasteiger partial charge in [0.05, 0.1) is 6.10 Å². The second-order valence-electron chi connectivity index (χ2n) is 5.25. The number of hydrazine groups is 1. The van der Waals surface area contributed by atoms with Crippen LogP contribution in [-0.4, -0.2) is 11.1 Å². The molecule has 3 N–H and O–H groups in total. The Morgan fingerprint density at radius 1 is 1.20 bits per heavy atom. The first-order valence-electron chi connectivity index (χ1n) is 6.91. The number of ether oxygens (including phenoxy) is 1. The molecule has 0 saturated heterocycles. The molecular weight excluding hydrogens is 250 g/mol. The van der Waals surface area contributed by atoms with Crippen LogP contribution in [0.1, 0.15) is 29.9 Å². The minimum atomic E-state index is 0.284. The normalized spacial score (nSPS) is 21.1. The lowest BCUT2D eigenvalue weighted by molar-refractivity contribution is 0.0978. The summed E-state index contributed by atoms with van der Waals surface area (Å²) >= 11 is 0. The van der Waals surface area contributed by atoms with E-state index in [4.69, 9.17) is 10.6 Å². The molecule has 1 aromatic heterocycles. The zero-order chi connectivity index (χ0) is 13.9. The molecule has 0 atom stereocenters. The minimum absolute atomic E-state index is 0.284. The van der Waals surface area contributed by atoms with Crippen molar-refractivity contribution in [3.8, 4) is 5.75 Å². The number of benzene rings is 1. The van der Waals surface area contributed by atoms with Crippen molar-refractivity contribution >= 4 is 5.82 Å². The number of rotatable bonds is 4. The van der Waals surface area contributed by atoms with E-state index in [0.29, 0.717) is 11.7 Å². The molecule has 4 heteroatoms. The molecule has 0 radical (unpaired) electrons. The van der Waals surface area contributed by atoms with Crippen LogP contribution in [0, 0.1) is 6.92 Å². The molecule has 1 aromatic carbocycles. The number of pyridine rings is 1. The molecule has 0 bridgehead atoms. The molecular formula is C16H19N3O. The van der Waals surface area contributed by atoms with E-state index in [0.717, 1.165) is 24.2 Å². The fourth-order valence-corrected chi connectivity index (χ4v) is 2.63. The van der Waals surface area contributed by atoms with E-state index >= 15 is 0 Å². The van der Waals surface area contributed by atoms with Gasteiger partial charge >= 0.3 is 0 Å². The Bertz CT molecular complexity index is 580. The summed E-state index contributed by atoms with van der Waals surface area (Å²) in [5, 5.41) is 0. The molecule has 104 valence electrons. The highest BCUT2D eigenvalue weighted by atomic mass is 16.5. The number of aromatic nitrogens is 1. The third-order valence-corrected chi connectivity index (χ3v) is 3.95. The van der Waals surface area contributed by atoms with Gasteiger partial charge in [-0.3, -0.25) is 0 Å². The number of hydrogen-bond acceptors (Lipinski definition) is 4. The van der Waals surface area contributed by atoms with Crippen LogP contribution in [0.4, 0.5) is 5.82 Å². The summed E-state index contributed by atoms with van der Waals surface area (Å²) in [5.74, 6) is 7.58. The molecule has 1 heterocycles. The summed E-state index contributed by atoms with van der Waals surface area (Å²) < 4.78 is 6.04. The number of nitrogens with zero attached hydrogens (tertiary/aromatic N) is 1. The van der Waals surface area contributed by atoms with Gasteiger partial charge in [0.25, 0.3) is 0 Å². The summed E-state index contributed by atoms with van der Waals surface area (Å²) in [7, 11) is 0. The molecule has 3 rings (SSSR count). The Balaban J connectivity index is 1.62. The predicted molar refractivity (Wildman–Crippen MR) is 79.6 cm³/mol. The number of nitrogens with two attached hydrogens (primary N) is 1. The van der Waals surface area contributed by atoms with Crippen LogP contribution in [0.15, 0.2) is 42.6 Å². The quantitative estimate of drug-likeness (QED) is 0.661. The fourth-order valence-electron chi connectivity index (χ4n) is 2.63. The fraction of sp³-hybridized carbons (Fsp3) is 0.312. The molecule has 0 unspecified atom stereocenters. The van der Waals surface area contributed by atoms with Crippen molar-refractivity contribution in [1.82, 2.24) is 4.98 Å². The second kappa shape index (κ2) is 5.51. The maximum absolute atomic E-state index is 6.04. The Kier molecular flexibility index (Phi) is 3.56. The van der Waals surface area contributed by atoms with Crippen molar-refractivity contribution in [1.29, 1.82) is 0 Å². The van der Waals surface area contributed by atoms with E-state index in [2.05, 4.69) is 40.7 Å². The Morgan fingerprint density at radius 3 is 2.65 bits per heavy atom. The number of hydrogen-bond donors (Lipinski definition) is 2. The molecule has 4 nitrogen and oxygen atoms in total. The van der Waals surface area contributed by atoms with Crippen molar-refractivity contribution in [2.24, 2.45) is 5.84 Å². The Labute approximate surface area is 119 Å². The highest BCUT2D eigenvalue weighted by Crippen LogP contribution is 2.39. The summed E-state index contributed by atoms with van der Waals surface area (Å²) in [5.41, 5.74) is 4.95. The van der Waals surface area contributed by atoms with Gasteiger partial charge in [-0.15, -0.1) is 0 Å². The van der Waals surface area contributed by atoms with Crippen molar-refractivity contribution in [3.63, 3.8) is 0 Å². The summed E-state index contributed by atoms with van der Waals surface area (Å²) in [6.45, 7) is 1.96. The molecule has 1 saturated carbocycles. The van der Waals surface area contributed by atoms with Gasteiger partial charge < -0.3 is 10.2 Å². The maximum Gasteiger partial charge on any atom is 0.146 e. The van der Waals surface area contributed by atoms with Crippen LogP contribution in [0.3, 0.4) is 0 Å². The van der Waals surface area contributed by atoms with Gasteiger partial charge in [0.1, 0.15) is 11.6 Å². The molecule has 1 aliphatic rings. The second-order valence-corrected chi connectivity index (χ2v) is 5.25. The van der Waals surface area contributed by atoms with Crippen LogP contribution in [0.25, 0.3) is 0 Å². The van der Waals surface area contributed by atoms with Gasteiger partial charge in [-0.1, -0.05) is 30.3 Å². The first-order chi connectivity index (χ1) is 9.78. The lowest BCUT2D eigenvalue weighted by Gasteiger charge is -2.36. The van der Waals surface area contributed by atoms with E-state index in [1.54, 1.807) is 6.20 Å². The number of nitrogens with one attached hydrogen (secondary N) is 1. The van der Waals surface area contributed by atoms with Crippen LogP contribution < -0.4 is 16.0 Å². The van der Waals surface area contributed by atoms with Gasteiger partial charge in [0.2, 0.25) is 0 Å². The first kappa shape index (κ1) is 12.9. The van der Waals surface area contributed by atoms with Crippen LogP contribution >= 0.6 is 0 Å². The van der Waals surface area contributed by atoms with Crippen molar-refractivity contribution in [3.05, 3.63) is 53.7 Å². The number of nitrogen functional groups attached to an aromatic ring is 1. The van der Waals surface area contributed by atoms with E-state index in [9.17, 15) is 0 Å². The zero-order valence-electron chi connectivity index (χ0n) is 11.5. The van der Waals surface area contributed by atoms with Crippen LogP contribution in [0.2, 0.25) is 0 Å². The third-order valence-electron chi connectivity index (χ3n) is 3.95. The van der Waals surface area contributed by atoms with Crippen molar-refractivity contribution in [2.45, 2.75) is 31.8 Å². The van der Waals surface area contributed by atoms with Gasteiger partial charge in [-0.25, -0.2) is 10.8 Å². The van der Waals surface area contributed by atoms with Crippen molar-refractivity contribution < 1.29 is 4.74 Å². The average Bonchev–Trinajstić information content (AvgIpc) is 2.45. The SMILES string of the molecule is Cc1c(OC2CC(c3ccccc3)C2)ccnc1NN. The van der Waals surface area contributed by atoms with Crippen molar-refractivity contribution in [2.75, 3.05) is 5.43 Å². The maximum atomic E-state index is 6.04. The molecule has 0 aliphatic heterocycles. The zero-order valence-corrected chi connectivity index (χ0v) is 11.5. The van der Waals surface area contributed by atoms with E-state index in [1.165, 1.54) is 5.56 Å². The van der Waals surface area contributed by atoms with E-state index < -0.39 is 0 Å². The van der Waals surface area contributed by atoms with E-state index in [1.807, 2.05) is 13.0 Å². The van der Waals surface area contributed by atoms with Gasteiger partial charge in [-0.2, -0.15) is 0 Å². The summed E-state index contributed by atoms with van der Waals surface area (Å²) in [6, 6.07) is 12.5. The summed E-state index contributed by atoms with van der Waals surface area (Å²) in [4.78, 5) is 4.15. The van der Waals surface area contributed by atoms with Gasteiger partial charge in [0.15, 0.2) is 0 Å². The number of anilines is 1. The largest absolute Gasteiger partial charge is 0.490 e. The smallest absolute Gasteiger partial charge is 0.146 e. The topological polar surface area (TPSA) is 60.2 Å². The van der Waals surface area contributed by atoms with Crippen LogP contribution in [0.5, 0.6) is 5.75 Å². The average molecular weight is 269 g/mol. The van der Waals surface area contributed by atoms with E-state index in [-0.39, 0.29) is 6.10 Å². The Morgan fingerprint density at radius 2 is 1.95 bits per heavy atom. The predicted octanol–water partition coefficient (Wildman–Crippen LogP) is 3.00. The lowest BCUT2D eigenvalue weighted by atomic mass is 9.77. The first-order valence-corrected chi connectivity index (χ1v) is 6.91. The molecule has 1 fully saturated rings. The minimum Gasteiger partial charge on any atom is -0.490 e. The Hall–Kier alpha value is -2.07. The highest BCUT2D eigenvalue weighted by Gasteiger charge is 2.32. The molecule has 20 heavy (non-hydrogen) atoms. The lowest BCUT2D eigenvalue weighted by Crippen LogP contribution is -2.32. The molecule has 0 amide bonds. The standard InChI is InChI=1S/C16H19N3O/c1-11-15(7-8-18-16(11)19-17)20-14-9-13(10-14)12-5-3-2-4-6-12/h2-8,13-14H,9-10,17H2,1H3,(H,18,19). The molecule has 0 spiro atoms. The van der Waals surface area contributed by atoms with Gasteiger partial charge in [-0.05, 0) is 37.3 Å². The molecule has 2 aromatic rings. The molecule has 1 aliphatic carbocycles. The summed E-state index contributed by atoms with van der Waals surface area (Å²) in [6.07, 6.45) is 4.13. The van der Waals surface area contributed by atoms with Gasteiger partial charge in [0, 0.05) is 11.8 Å².